The predicted molar refractivity (Wildman–Crippen MR) is 79.8 cm³/mol. The SMILES string of the molecule is CN(OCc1ccccc1)S(=O)(=O)N1CCC(C(=O)O)CC1. The molecule has 0 unspecified atom stereocenters. The van der Waals surface area contributed by atoms with Crippen LogP contribution in [0.1, 0.15) is 18.4 Å². The van der Waals surface area contributed by atoms with Gasteiger partial charge in [0.05, 0.1) is 12.5 Å². The lowest BCUT2D eigenvalue weighted by Gasteiger charge is -2.31. The summed E-state index contributed by atoms with van der Waals surface area (Å²) in [6.07, 6.45) is 0.641. The van der Waals surface area contributed by atoms with Gasteiger partial charge in [0.2, 0.25) is 0 Å². The highest BCUT2D eigenvalue weighted by molar-refractivity contribution is 7.86. The predicted octanol–water partition coefficient (Wildman–Crippen LogP) is 1.09. The molecule has 1 saturated heterocycles. The molecule has 0 saturated carbocycles. The van der Waals surface area contributed by atoms with Crippen molar-refractivity contribution in [2.45, 2.75) is 19.4 Å². The second-order valence-corrected chi connectivity index (χ2v) is 7.11. The maximum Gasteiger partial charge on any atom is 0.306 e. The fraction of sp³-hybridized carbons (Fsp3) is 0.500. The van der Waals surface area contributed by atoms with Crippen LogP contribution in [0.2, 0.25) is 0 Å². The molecular formula is C14H20N2O5S. The average molecular weight is 328 g/mol. The van der Waals surface area contributed by atoms with Gasteiger partial charge in [0.25, 0.3) is 0 Å². The quantitative estimate of drug-likeness (QED) is 0.790. The van der Waals surface area contributed by atoms with Crippen molar-refractivity contribution in [2.75, 3.05) is 20.1 Å². The molecule has 1 aromatic rings. The van der Waals surface area contributed by atoms with Crippen LogP contribution in [0.25, 0.3) is 0 Å². The Hall–Kier alpha value is -1.48. The van der Waals surface area contributed by atoms with E-state index in [9.17, 15) is 13.2 Å². The third-order valence-corrected chi connectivity index (χ3v) is 5.48. The molecular weight excluding hydrogens is 308 g/mol. The molecule has 1 aliphatic rings. The molecule has 2 rings (SSSR count). The normalized spacial score (nSPS) is 17.7. The second kappa shape index (κ2) is 7.19. The van der Waals surface area contributed by atoms with Crippen molar-refractivity contribution in [3.8, 4) is 0 Å². The van der Waals surface area contributed by atoms with Gasteiger partial charge in [-0.3, -0.25) is 9.63 Å². The summed E-state index contributed by atoms with van der Waals surface area (Å²) in [5, 5.41) is 8.94. The Labute approximate surface area is 130 Å². The summed E-state index contributed by atoms with van der Waals surface area (Å²) in [4.78, 5) is 16.2. The first-order chi connectivity index (χ1) is 10.4. The Kier molecular flexibility index (Phi) is 5.52. The number of aliphatic carboxylic acids is 1. The van der Waals surface area contributed by atoms with Crippen LogP contribution in [0.4, 0.5) is 0 Å². The van der Waals surface area contributed by atoms with Crippen LogP contribution in [0.15, 0.2) is 30.3 Å². The number of carboxylic acids is 1. The highest BCUT2D eigenvalue weighted by Crippen LogP contribution is 2.21. The number of hydroxylamine groups is 1. The highest BCUT2D eigenvalue weighted by atomic mass is 32.2. The molecule has 8 heteroatoms. The molecule has 0 spiro atoms. The van der Waals surface area contributed by atoms with Gasteiger partial charge in [0, 0.05) is 20.1 Å². The van der Waals surface area contributed by atoms with Crippen LogP contribution in [-0.2, 0) is 26.4 Å². The van der Waals surface area contributed by atoms with Crippen LogP contribution in [-0.4, -0.2) is 48.4 Å². The lowest BCUT2D eigenvalue weighted by molar-refractivity contribution is -0.143. The number of piperidine rings is 1. The van der Waals surface area contributed by atoms with Crippen molar-refractivity contribution in [1.29, 1.82) is 0 Å². The van der Waals surface area contributed by atoms with Crippen LogP contribution in [0.3, 0.4) is 0 Å². The summed E-state index contributed by atoms with van der Waals surface area (Å²) in [6, 6.07) is 9.27. The maximum atomic E-state index is 12.4. The molecule has 7 nitrogen and oxygen atoms in total. The number of hydrogen-bond donors (Lipinski definition) is 1. The van der Waals surface area contributed by atoms with E-state index in [2.05, 4.69) is 0 Å². The lowest BCUT2D eigenvalue weighted by Crippen LogP contribution is -2.46. The van der Waals surface area contributed by atoms with E-state index in [1.807, 2.05) is 30.3 Å². The first-order valence-corrected chi connectivity index (χ1v) is 8.44. The highest BCUT2D eigenvalue weighted by Gasteiger charge is 2.33. The summed E-state index contributed by atoms with van der Waals surface area (Å²) in [6.45, 7) is 0.541. The molecule has 122 valence electrons. The largest absolute Gasteiger partial charge is 0.481 e. The van der Waals surface area contributed by atoms with Crippen molar-refractivity contribution in [3.05, 3.63) is 35.9 Å². The molecule has 1 fully saturated rings. The summed E-state index contributed by atoms with van der Waals surface area (Å²) >= 11 is 0. The van der Waals surface area contributed by atoms with Gasteiger partial charge >= 0.3 is 16.2 Å². The van der Waals surface area contributed by atoms with Gasteiger partial charge in [0.15, 0.2) is 0 Å². The van der Waals surface area contributed by atoms with Gasteiger partial charge in [-0.15, -0.1) is 0 Å². The van der Waals surface area contributed by atoms with Crippen molar-refractivity contribution >= 4 is 16.2 Å². The van der Waals surface area contributed by atoms with Gasteiger partial charge in [-0.05, 0) is 18.4 Å². The monoisotopic (exact) mass is 328 g/mol. The third-order valence-electron chi connectivity index (χ3n) is 3.71. The number of rotatable bonds is 6. The molecule has 1 aliphatic heterocycles. The summed E-state index contributed by atoms with van der Waals surface area (Å²) in [7, 11) is -2.38. The van der Waals surface area contributed by atoms with E-state index in [0.29, 0.717) is 12.8 Å². The maximum absolute atomic E-state index is 12.4. The summed E-state index contributed by atoms with van der Waals surface area (Å²) in [5.41, 5.74) is 0.870. The number of carboxylic acid groups (broad SMARTS) is 1. The van der Waals surface area contributed by atoms with Gasteiger partial charge in [-0.1, -0.05) is 34.8 Å². The minimum Gasteiger partial charge on any atom is -0.481 e. The standard InChI is InChI=1S/C14H20N2O5S/c1-15(21-11-12-5-3-2-4-6-12)22(19,20)16-9-7-13(8-10-16)14(17)18/h2-6,13H,7-11H2,1H3,(H,17,18). The molecule has 0 bridgehead atoms. The zero-order chi connectivity index (χ0) is 16.2. The number of benzene rings is 1. The zero-order valence-electron chi connectivity index (χ0n) is 12.4. The second-order valence-electron chi connectivity index (χ2n) is 5.19. The van der Waals surface area contributed by atoms with Crippen molar-refractivity contribution in [2.24, 2.45) is 5.92 Å². The molecule has 0 radical (unpaired) electrons. The smallest absolute Gasteiger partial charge is 0.306 e. The fourth-order valence-electron chi connectivity index (χ4n) is 2.30. The van der Waals surface area contributed by atoms with Crippen molar-refractivity contribution < 1.29 is 23.2 Å². The van der Waals surface area contributed by atoms with E-state index in [-0.39, 0.29) is 19.7 Å². The number of hydrogen-bond acceptors (Lipinski definition) is 4. The first-order valence-electron chi connectivity index (χ1n) is 7.05. The molecule has 0 aliphatic carbocycles. The molecule has 0 amide bonds. The van der Waals surface area contributed by atoms with Crippen LogP contribution >= 0.6 is 0 Å². The molecule has 0 aromatic heterocycles. The number of carbonyl (C=O) groups is 1. The molecule has 1 heterocycles. The summed E-state index contributed by atoms with van der Waals surface area (Å²) < 4.78 is 26.8. The van der Waals surface area contributed by atoms with Crippen molar-refractivity contribution in [1.82, 2.24) is 8.77 Å². The van der Waals surface area contributed by atoms with Gasteiger partial charge in [0.1, 0.15) is 0 Å². The molecule has 0 atom stereocenters. The van der Waals surface area contributed by atoms with Gasteiger partial charge in [-0.2, -0.15) is 12.7 Å². The van der Waals surface area contributed by atoms with Crippen LogP contribution in [0.5, 0.6) is 0 Å². The Morgan fingerprint density at radius 1 is 1.32 bits per heavy atom. The minimum absolute atomic E-state index is 0.155. The topological polar surface area (TPSA) is 87.2 Å². The Morgan fingerprint density at radius 2 is 1.91 bits per heavy atom. The van der Waals surface area contributed by atoms with Crippen LogP contribution < -0.4 is 0 Å². The zero-order valence-corrected chi connectivity index (χ0v) is 13.2. The average Bonchev–Trinajstić information content (AvgIpc) is 2.53. The molecule has 22 heavy (non-hydrogen) atoms. The van der Waals surface area contributed by atoms with E-state index in [1.165, 1.54) is 11.4 Å². The first kappa shape index (κ1) is 16.9. The Morgan fingerprint density at radius 3 is 2.45 bits per heavy atom. The lowest BCUT2D eigenvalue weighted by atomic mass is 9.99. The van der Waals surface area contributed by atoms with E-state index in [1.54, 1.807) is 0 Å². The number of nitrogens with zero attached hydrogens (tertiary/aromatic N) is 2. The fourth-order valence-corrected chi connectivity index (χ4v) is 3.49. The van der Waals surface area contributed by atoms with E-state index >= 15 is 0 Å². The van der Waals surface area contributed by atoms with E-state index < -0.39 is 22.1 Å². The molecule has 1 aromatic carbocycles. The van der Waals surface area contributed by atoms with E-state index in [0.717, 1.165) is 10.0 Å². The van der Waals surface area contributed by atoms with Crippen molar-refractivity contribution in [3.63, 3.8) is 0 Å². The Bertz CT molecular complexity index is 597. The molecule has 1 N–H and O–H groups in total. The van der Waals surface area contributed by atoms with E-state index in [4.69, 9.17) is 9.94 Å². The minimum atomic E-state index is -3.73. The Balaban J connectivity index is 1.91. The summed E-state index contributed by atoms with van der Waals surface area (Å²) in [5.74, 6) is -1.34. The third kappa shape index (κ3) is 4.04. The van der Waals surface area contributed by atoms with Gasteiger partial charge in [-0.25, -0.2) is 0 Å². The van der Waals surface area contributed by atoms with Crippen LogP contribution in [0, 0.1) is 5.92 Å². The van der Waals surface area contributed by atoms with Gasteiger partial charge < -0.3 is 5.11 Å².